The molecule has 1 aliphatic rings. The molecule has 0 radical (unpaired) electrons. The zero-order chi connectivity index (χ0) is 23.9. The van der Waals surface area contributed by atoms with Gasteiger partial charge >= 0.3 is 19.7 Å². The fourth-order valence-electron chi connectivity index (χ4n) is 3.80. The van der Waals surface area contributed by atoms with Gasteiger partial charge in [0.05, 0.1) is 24.9 Å². The number of aliphatic carboxylic acids is 1. The van der Waals surface area contributed by atoms with E-state index in [-0.39, 0.29) is 31.7 Å². The molecule has 32 heavy (non-hydrogen) atoms. The van der Waals surface area contributed by atoms with Crippen LogP contribution in [0.1, 0.15) is 50.2 Å². The van der Waals surface area contributed by atoms with Crippen LogP contribution in [0.2, 0.25) is 0 Å². The maximum Gasteiger partial charge on any atom is 0.416 e. The van der Waals surface area contributed by atoms with Gasteiger partial charge in [0.2, 0.25) is 5.91 Å². The lowest BCUT2D eigenvalue weighted by Gasteiger charge is -2.34. The number of alkyl halides is 3. The number of hydrogen-bond donors (Lipinski definition) is 1. The molecule has 1 saturated heterocycles. The van der Waals surface area contributed by atoms with Gasteiger partial charge in [-0.15, -0.1) is 0 Å². The predicted octanol–water partition coefficient (Wildman–Crippen LogP) is 4.77. The topological polar surface area (TPSA) is 93.1 Å². The van der Waals surface area contributed by atoms with Crippen molar-refractivity contribution in [2.45, 2.75) is 45.2 Å². The first-order chi connectivity index (χ1) is 15.0. The SMILES string of the molecule is CCOP(=O)(CC[C@H](C(=O)O)C(=O)N1CCC(c2ccc(C(F)(F)F)cc2)CC1)OCC. The molecular weight excluding hydrogens is 450 g/mol. The highest BCUT2D eigenvalue weighted by molar-refractivity contribution is 7.53. The van der Waals surface area contributed by atoms with Gasteiger partial charge in [-0.2, -0.15) is 13.2 Å². The van der Waals surface area contributed by atoms with Crippen molar-refractivity contribution in [3.63, 3.8) is 0 Å². The van der Waals surface area contributed by atoms with Crippen molar-refractivity contribution in [3.05, 3.63) is 35.4 Å². The molecule has 0 unspecified atom stereocenters. The van der Waals surface area contributed by atoms with E-state index >= 15 is 0 Å². The Morgan fingerprint density at radius 1 is 1.12 bits per heavy atom. The van der Waals surface area contributed by atoms with Crippen molar-refractivity contribution < 1.29 is 41.5 Å². The summed E-state index contributed by atoms with van der Waals surface area (Å²) < 4.78 is 61.1. The third-order valence-electron chi connectivity index (χ3n) is 5.46. The standard InChI is InChI=1S/C21H29F3NO6P/c1-3-30-32(29,31-4-2)14-11-18(20(27)28)19(26)25-12-9-16(10-13-25)15-5-7-17(8-6-15)21(22,23)24/h5-8,16,18H,3-4,9-14H2,1-2H3,(H,27,28)/t18-/m0/s1. The van der Waals surface area contributed by atoms with Gasteiger partial charge in [0.15, 0.2) is 0 Å². The summed E-state index contributed by atoms with van der Waals surface area (Å²) in [4.78, 5) is 26.0. The Balaban J connectivity index is 1.97. The smallest absolute Gasteiger partial charge is 0.416 e. The van der Waals surface area contributed by atoms with Crippen LogP contribution in [-0.2, 0) is 29.4 Å². The van der Waals surface area contributed by atoms with Crippen LogP contribution in [0.4, 0.5) is 13.2 Å². The lowest BCUT2D eigenvalue weighted by atomic mass is 9.88. The summed E-state index contributed by atoms with van der Waals surface area (Å²) in [5, 5.41) is 9.54. The van der Waals surface area contributed by atoms with Crippen LogP contribution < -0.4 is 0 Å². The molecule has 0 bridgehead atoms. The minimum atomic E-state index is -4.39. The molecule has 0 aliphatic carbocycles. The van der Waals surface area contributed by atoms with E-state index in [1.54, 1.807) is 13.8 Å². The van der Waals surface area contributed by atoms with E-state index in [1.807, 2.05) is 0 Å². The first-order valence-corrected chi connectivity index (χ1v) is 12.3. The normalized spacial score (nSPS) is 16.7. The molecule has 1 atom stereocenters. The van der Waals surface area contributed by atoms with Crippen molar-refractivity contribution >= 4 is 19.5 Å². The zero-order valence-corrected chi connectivity index (χ0v) is 19.0. The molecule has 7 nitrogen and oxygen atoms in total. The number of rotatable bonds is 10. The summed E-state index contributed by atoms with van der Waals surface area (Å²) in [7, 11) is -3.47. The molecule has 11 heteroatoms. The quantitative estimate of drug-likeness (QED) is 0.384. The molecule has 1 aliphatic heterocycles. The molecule has 180 valence electrons. The van der Waals surface area contributed by atoms with Crippen molar-refractivity contribution in [1.29, 1.82) is 0 Å². The first kappa shape index (κ1) is 26.4. The number of nitrogens with zero attached hydrogens (tertiary/aromatic N) is 1. The number of likely N-dealkylation sites (tertiary alicyclic amines) is 1. The molecule has 1 amide bonds. The highest BCUT2D eigenvalue weighted by Gasteiger charge is 2.36. The molecule has 1 aromatic carbocycles. The van der Waals surface area contributed by atoms with Crippen LogP contribution in [-0.4, -0.2) is 54.3 Å². The number of piperidine rings is 1. The molecule has 1 aromatic rings. The number of carbonyl (C=O) groups is 2. The number of hydrogen-bond acceptors (Lipinski definition) is 5. The van der Waals surface area contributed by atoms with Crippen LogP contribution in [0.25, 0.3) is 0 Å². The van der Waals surface area contributed by atoms with Gasteiger partial charge in [-0.1, -0.05) is 12.1 Å². The van der Waals surface area contributed by atoms with Gasteiger partial charge in [-0.3, -0.25) is 14.2 Å². The van der Waals surface area contributed by atoms with Crippen LogP contribution in [0.3, 0.4) is 0 Å². The summed E-state index contributed by atoms with van der Waals surface area (Å²) in [6.45, 7) is 4.16. The van der Waals surface area contributed by atoms with Gasteiger partial charge in [-0.25, -0.2) is 0 Å². The predicted molar refractivity (Wildman–Crippen MR) is 111 cm³/mol. The largest absolute Gasteiger partial charge is 0.481 e. The van der Waals surface area contributed by atoms with Crippen molar-refractivity contribution in [1.82, 2.24) is 4.90 Å². The van der Waals surface area contributed by atoms with Crippen molar-refractivity contribution in [2.75, 3.05) is 32.5 Å². The van der Waals surface area contributed by atoms with E-state index in [9.17, 15) is 32.4 Å². The molecule has 0 saturated carbocycles. The average Bonchev–Trinajstić information content (AvgIpc) is 2.73. The Kier molecular flexibility index (Phi) is 9.30. The van der Waals surface area contributed by atoms with E-state index < -0.39 is 37.1 Å². The van der Waals surface area contributed by atoms with E-state index in [0.29, 0.717) is 25.9 Å². The molecule has 2 rings (SSSR count). The number of halogens is 3. The average molecular weight is 479 g/mol. The lowest BCUT2D eigenvalue weighted by Crippen LogP contribution is -2.43. The van der Waals surface area contributed by atoms with Crippen molar-refractivity contribution in [2.24, 2.45) is 5.92 Å². The second-order valence-electron chi connectivity index (χ2n) is 7.57. The molecule has 0 spiro atoms. The Labute approximate surface area is 185 Å². The minimum Gasteiger partial charge on any atom is -0.481 e. The van der Waals surface area contributed by atoms with Crippen LogP contribution >= 0.6 is 7.60 Å². The van der Waals surface area contributed by atoms with E-state index in [2.05, 4.69) is 0 Å². The first-order valence-electron chi connectivity index (χ1n) is 10.6. The van der Waals surface area contributed by atoms with E-state index in [1.165, 1.54) is 17.0 Å². The second kappa shape index (κ2) is 11.3. The lowest BCUT2D eigenvalue weighted by molar-refractivity contribution is -0.151. The Morgan fingerprint density at radius 2 is 1.66 bits per heavy atom. The van der Waals surface area contributed by atoms with Crippen molar-refractivity contribution in [3.8, 4) is 0 Å². The Morgan fingerprint density at radius 3 is 2.09 bits per heavy atom. The molecule has 1 heterocycles. The monoisotopic (exact) mass is 479 g/mol. The maximum absolute atomic E-state index is 12.8. The Bertz CT molecular complexity index is 812. The third kappa shape index (κ3) is 7.05. The summed E-state index contributed by atoms with van der Waals surface area (Å²) in [5.74, 6) is -3.25. The van der Waals surface area contributed by atoms with E-state index in [0.717, 1.165) is 17.7 Å². The highest BCUT2D eigenvalue weighted by Crippen LogP contribution is 2.49. The summed E-state index contributed by atoms with van der Waals surface area (Å²) >= 11 is 0. The van der Waals surface area contributed by atoms with Gasteiger partial charge in [0.1, 0.15) is 5.92 Å². The third-order valence-corrected chi connectivity index (χ3v) is 7.56. The second-order valence-corrected chi connectivity index (χ2v) is 9.75. The maximum atomic E-state index is 12.8. The minimum absolute atomic E-state index is 0.0132. The molecule has 1 N–H and O–H groups in total. The summed E-state index contributed by atoms with van der Waals surface area (Å²) in [5.41, 5.74) is 0.0452. The number of carbonyl (C=O) groups excluding carboxylic acids is 1. The number of amides is 1. The van der Waals surface area contributed by atoms with Gasteiger partial charge < -0.3 is 19.1 Å². The van der Waals surface area contributed by atoms with Gasteiger partial charge in [0.25, 0.3) is 0 Å². The number of carboxylic acid groups (broad SMARTS) is 1. The Hall–Kier alpha value is -1.90. The van der Waals surface area contributed by atoms with E-state index in [4.69, 9.17) is 9.05 Å². The highest BCUT2D eigenvalue weighted by atomic mass is 31.2. The van der Waals surface area contributed by atoms with Gasteiger partial charge in [0, 0.05) is 13.1 Å². The molecule has 0 aromatic heterocycles. The van der Waals surface area contributed by atoms with Crippen LogP contribution in [0, 0.1) is 5.92 Å². The van der Waals surface area contributed by atoms with Crippen LogP contribution in [0.5, 0.6) is 0 Å². The molecular formula is C21H29F3NO6P. The summed E-state index contributed by atoms with van der Waals surface area (Å²) in [6, 6.07) is 4.98. The zero-order valence-electron chi connectivity index (χ0n) is 18.1. The van der Waals surface area contributed by atoms with Gasteiger partial charge in [-0.05, 0) is 56.7 Å². The number of carboxylic acids is 1. The summed E-state index contributed by atoms with van der Waals surface area (Å²) in [6.07, 6.45) is -3.72. The van der Waals surface area contributed by atoms with Crippen LogP contribution in [0.15, 0.2) is 24.3 Å². The fourth-order valence-corrected chi connectivity index (χ4v) is 5.49. The fraction of sp³-hybridized carbons (Fsp3) is 0.619. The number of benzene rings is 1. The molecule has 1 fully saturated rings.